The number of oxime groups is 1. The molecule has 0 aromatic heterocycles. The van der Waals surface area contributed by atoms with Crippen molar-refractivity contribution < 1.29 is 9.63 Å². The lowest BCUT2D eigenvalue weighted by Gasteiger charge is -2.10. The van der Waals surface area contributed by atoms with Crippen LogP contribution in [0.3, 0.4) is 0 Å². The Labute approximate surface area is 107 Å². The van der Waals surface area contributed by atoms with Crippen LogP contribution in [0.25, 0.3) is 6.08 Å². The van der Waals surface area contributed by atoms with Gasteiger partial charge in [-0.2, -0.15) is 0 Å². The van der Waals surface area contributed by atoms with Crippen molar-refractivity contribution in [3.8, 4) is 0 Å². The number of nitrogens with zero attached hydrogens (tertiary/aromatic N) is 1. The molecule has 1 aliphatic carbocycles. The molecule has 3 nitrogen and oxygen atoms in total. The van der Waals surface area contributed by atoms with Crippen LogP contribution >= 0.6 is 0 Å². The summed E-state index contributed by atoms with van der Waals surface area (Å²) in [6.45, 7) is 0. The van der Waals surface area contributed by atoms with Gasteiger partial charge in [-0.15, -0.1) is 0 Å². The Morgan fingerprint density at radius 1 is 1.11 bits per heavy atom. The highest BCUT2D eigenvalue weighted by molar-refractivity contribution is 5.89. The highest BCUT2D eigenvalue weighted by Crippen LogP contribution is 2.14. The van der Waals surface area contributed by atoms with Gasteiger partial charge in [0.25, 0.3) is 0 Å². The first-order valence-electron chi connectivity index (χ1n) is 6.34. The van der Waals surface area contributed by atoms with Crippen molar-refractivity contribution in [2.24, 2.45) is 5.16 Å². The molecule has 1 aromatic carbocycles. The minimum absolute atomic E-state index is 0.420. The molecule has 0 spiro atoms. The molecule has 0 N–H and O–H groups in total. The molecule has 3 heteroatoms. The Kier molecular flexibility index (Phi) is 4.70. The van der Waals surface area contributed by atoms with Gasteiger partial charge in [-0.3, -0.25) is 0 Å². The van der Waals surface area contributed by atoms with Crippen LogP contribution in [0, 0.1) is 0 Å². The van der Waals surface area contributed by atoms with Crippen LogP contribution in [0.2, 0.25) is 0 Å². The second kappa shape index (κ2) is 6.74. The van der Waals surface area contributed by atoms with Crippen LogP contribution in [0.4, 0.5) is 0 Å². The third kappa shape index (κ3) is 4.17. The van der Waals surface area contributed by atoms with Gasteiger partial charge < -0.3 is 4.84 Å². The maximum Gasteiger partial charge on any atom is 0.358 e. The second-order valence-corrected chi connectivity index (χ2v) is 4.37. The molecule has 0 aliphatic heterocycles. The van der Waals surface area contributed by atoms with Gasteiger partial charge >= 0.3 is 5.97 Å². The fourth-order valence-electron chi connectivity index (χ4n) is 1.92. The van der Waals surface area contributed by atoms with Gasteiger partial charge in [-0.1, -0.05) is 41.9 Å². The van der Waals surface area contributed by atoms with E-state index in [0.29, 0.717) is 0 Å². The first-order valence-corrected chi connectivity index (χ1v) is 6.34. The van der Waals surface area contributed by atoms with E-state index in [4.69, 9.17) is 4.84 Å². The molecule has 94 valence electrons. The minimum Gasteiger partial charge on any atom is -0.314 e. The van der Waals surface area contributed by atoms with E-state index in [9.17, 15) is 4.79 Å². The Morgan fingerprint density at radius 3 is 2.56 bits per heavy atom. The summed E-state index contributed by atoms with van der Waals surface area (Å²) in [6.07, 6.45) is 8.59. The van der Waals surface area contributed by atoms with E-state index in [0.717, 1.165) is 37.0 Å². The smallest absolute Gasteiger partial charge is 0.314 e. The molecule has 1 saturated carbocycles. The highest BCUT2D eigenvalue weighted by atomic mass is 16.7. The number of carbonyl (C=O) groups excluding carboxylic acids is 1. The summed E-state index contributed by atoms with van der Waals surface area (Å²) in [6, 6.07) is 9.64. The number of benzene rings is 1. The first-order chi connectivity index (χ1) is 8.84. The van der Waals surface area contributed by atoms with Crippen molar-refractivity contribution in [2.45, 2.75) is 32.1 Å². The molecular formula is C15H17NO2. The number of hydrogen-bond donors (Lipinski definition) is 0. The lowest BCUT2D eigenvalue weighted by atomic mass is 9.99. The van der Waals surface area contributed by atoms with Crippen molar-refractivity contribution in [3.05, 3.63) is 42.0 Å². The Balaban J connectivity index is 1.83. The molecule has 0 bridgehead atoms. The van der Waals surface area contributed by atoms with Crippen molar-refractivity contribution in [1.82, 2.24) is 0 Å². The van der Waals surface area contributed by atoms with Crippen LogP contribution in [0.1, 0.15) is 37.7 Å². The predicted octanol–water partition coefficient (Wildman–Crippen LogP) is 3.56. The summed E-state index contributed by atoms with van der Waals surface area (Å²) < 4.78 is 0. The first kappa shape index (κ1) is 12.6. The summed E-state index contributed by atoms with van der Waals surface area (Å²) in [5.41, 5.74) is 1.97. The van der Waals surface area contributed by atoms with Crippen molar-refractivity contribution >= 4 is 17.8 Å². The number of rotatable bonds is 3. The molecular weight excluding hydrogens is 226 g/mol. The molecule has 1 fully saturated rings. The molecule has 0 heterocycles. The van der Waals surface area contributed by atoms with Gasteiger partial charge in [0.05, 0.1) is 5.71 Å². The van der Waals surface area contributed by atoms with E-state index < -0.39 is 5.97 Å². The summed E-state index contributed by atoms with van der Waals surface area (Å²) in [4.78, 5) is 16.3. The van der Waals surface area contributed by atoms with Crippen LogP contribution < -0.4 is 0 Å². The van der Waals surface area contributed by atoms with Crippen LogP contribution in [0.5, 0.6) is 0 Å². The molecule has 0 atom stereocenters. The Morgan fingerprint density at radius 2 is 1.83 bits per heavy atom. The average Bonchev–Trinajstić information content (AvgIpc) is 2.45. The van der Waals surface area contributed by atoms with E-state index in [1.807, 2.05) is 30.3 Å². The molecule has 0 amide bonds. The number of hydrogen-bond acceptors (Lipinski definition) is 3. The molecule has 1 aliphatic rings. The standard InChI is InChI=1S/C15H17NO2/c17-15(12-11-13-7-3-1-4-8-13)18-16-14-9-5-2-6-10-14/h1,3-4,7-8,11-12H,2,5-6,9-10H2. The summed E-state index contributed by atoms with van der Waals surface area (Å²) in [5.74, 6) is -0.420. The molecule has 18 heavy (non-hydrogen) atoms. The normalized spacial score (nSPS) is 15.7. The summed E-state index contributed by atoms with van der Waals surface area (Å²) in [7, 11) is 0. The monoisotopic (exact) mass is 243 g/mol. The SMILES string of the molecule is O=C(C=Cc1ccccc1)ON=C1CCCCC1. The van der Waals surface area contributed by atoms with Crippen LogP contribution in [0.15, 0.2) is 41.6 Å². The van der Waals surface area contributed by atoms with Gasteiger partial charge in [0.1, 0.15) is 0 Å². The zero-order valence-corrected chi connectivity index (χ0v) is 10.3. The van der Waals surface area contributed by atoms with Gasteiger partial charge in [0.2, 0.25) is 0 Å². The quantitative estimate of drug-likeness (QED) is 0.462. The second-order valence-electron chi connectivity index (χ2n) is 4.37. The molecule has 1 aromatic rings. The third-order valence-electron chi connectivity index (χ3n) is 2.91. The van der Waals surface area contributed by atoms with Crippen LogP contribution in [-0.4, -0.2) is 11.7 Å². The molecule has 2 rings (SSSR count). The number of carbonyl (C=O) groups is 1. The van der Waals surface area contributed by atoms with Crippen molar-refractivity contribution in [2.75, 3.05) is 0 Å². The van der Waals surface area contributed by atoms with E-state index in [-0.39, 0.29) is 0 Å². The topological polar surface area (TPSA) is 38.7 Å². The zero-order valence-electron chi connectivity index (χ0n) is 10.3. The Bertz CT molecular complexity index is 441. The van der Waals surface area contributed by atoms with Crippen LogP contribution in [-0.2, 0) is 9.63 Å². The van der Waals surface area contributed by atoms with Crippen molar-refractivity contribution in [1.29, 1.82) is 0 Å². The fourth-order valence-corrected chi connectivity index (χ4v) is 1.92. The van der Waals surface area contributed by atoms with E-state index in [2.05, 4.69) is 5.16 Å². The molecule has 0 unspecified atom stereocenters. The summed E-state index contributed by atoms with van der Waals surface area (Å²) >= 11 is 0. The third-order valence-corrected chi connectivity index (χ3v) is 2.91. The summed E-state index contributed by atoms with van der Waals surface area (Å²) in [5, 5.41) is 3.91. The largest absolute Gasteiger partial charge is 0.358 e. The lowest BCUT2D eigenvalue weighted by molar-refractivity contribution is -0.137. The average molecular weight is 243 g/mol. The van der Waals surface area contributed by atoms with E-state index >= 15 is 0 Å². The van der Waals surface area contributed by atoms with Gasteiger partial charge in [0, 0.05) is 6.08 Å². The maximum absolute atomic E-state index is 11.4. The van der Waals surface area contributed by atoms with E-state index in [1.165, 1.54) is 12.5 Å². The van der Waals surface area contributed by atoms with Gasteiger partial charge in [0.15, 0.2) is 0 Å². The van der Waals surface area contributed by atoms with E-state index in [1.54, 1.807) is 6.08 Å². The molecule has 0 radical (unpaired) electrons. The minimum atomic E-state index is -0.420. The fraction of sp³-hybridized carbons (Fsp3) is 0.333. The lowest BCUT2D eigenvalue weighted by Crippen LogP contribution is -2.06. The Hall–Kier alpha value is -1.90. The van der Waals surface area contributed by atoms with Gasteiger partial charge in [-0.25, -0.2) is 4.79 Å². The van der Waals surface area contributed by atoms with Crippen molar-refractivity contribution in [3.63, 3.8) is 0 Å². The zero-order chi connectivity index (χ0) is 12.6. The highest BCUT2D eigenvalue weighted by Gasteiger charge is 2.07. The maximum atomic E-state index is 11.4. The molecule has 0 saturated heterocycles. The predicted molar refractivity (Wildman–Crippen MR) is 72.1 cm³/mol. The van der Waals surface area contributed by atoms with Gasteiger partial charge in [-0.05, 0) is 37.3 Å².